The lowest BCUT2D eigenvalue weighted by Gasteiger charge is -2.22. The highest BCUT2D eigenvalue weighted by atomic mass is 35.5. The number of nitrogens with one attached hydrogen (secondary N) is 1. The van der Waals surface area contributed by atoms with Gasteiger partial charge in [-0.1, -0.05) is 0 Å². The van der Waals surface area contributed by atoms with E-state index in [0.717, 1.165) is 19.5 Å². The van der Waals surface area contributed by atoms with Crippen LogP contribution in [0.2, 0.25) is 0 Å². The van der Waals surface area contributed by atoms with E-state index in [9.17, 15) is 4.79 Å². The van der Waals surface area contributed by atoms with Crippen molar-refractivity contribution in [3.63, 3.8) is 0 Å². The fourth-order valence-electron chi connectivity index (χ4n) is 1.54. The first-order chi connectivity index (χ1) is 5.79. The molecular weight excluding hydrogens is 190 g/mol. The zero-order chi connectivity index (χ0) is 8.81. The summed E-state index contributed by atoms with van der Waals surface area (Å²) in [4.78, 5) is 10.4. The minimum atomic E-state index is -0.168. The minimum Gasteiger partial charge on any atom is -0.466 e. The Hall–Kier alpha value is -0.280. The van der Waals surface area contributed by atoms with E-state index in [4.69, 9.17) is 4.74 Å². The Morgan fingerprint density at radius 3 is 2.92 bits per heavy atom. The van der Waals surface area contributed by atoms with Crippen LogP contribution in [0.3, 0.4) is 0 Å². The molecule has 13 heavy (non-hydrogen) atoms. The van der Waals surface area contributed by atoms with Crippen LogP contribution in [0, 0.1) is 5.92 Å². The summed E-state index contributed by atoms with van der Waals surface area (Å²) in [7, 11) is 0. The van der Waals surface area contributed by atoms with E-state index in [1.807, 2.05) is 0 Å². The zero-order valence-electron chi connectivity index (χ0n) is 8.04. The number of rotatable bonds is 3. The molecule has 1 heterocycles. The Balaban J connectivity index is 0.00000144. The van der Waals surface area contributed by atoms with Gasteiger partial charge in [-0.25, -0.2) is 0 Å². The van der Waals surface area contributed by atoms with Gasteiger partial charge in [-0.15, -0.1) is 12.4 Å². The molecule has 0 amide bonds. The van der Waals surface area contributed by atoms with Gasteiger partial charge in [0.05, 0.1) is 6.61 Å². The molecule has 1 rings (SSSR count). The van der Waals surface area contributed by atoms with Crippen LogP contribution in [-0.2, 0) is 9.53 Å². The second-order valence-electron chi connectivity index (χ2n) is 3.34. The van der Waals surface area contributed by atoms with Crippen LogP contribution in [0.15, 0.2) is 0 Å². The van der Waals surface area contributed by atoms with Crippen molar-refractivity contribution in [3.8, 4) is 0 Å². The number of hydrogen-bond acceptors (Lipinski definition) is 3. The molecule has 0 spiro atoms. The van der Waals surface area contributed by atoms with E-state index in [1.165, 1.54) is 19.8 Å². The van der Waals surface area contributed by atoms with Crippen molar-refractivity contribution in [3.05, 3.63) is 0 Å². The van der Waals surface area contributed by atoms with Crippen LogP contribution >= 0.6 is 12.4 Å². The van der Waals surface area contributed by atoms with Gasteiger partial charge in [0.2, 0.25) is 0 Å². The third-order valence-corrected chi connectivity index (χ3v) is 2.23. The highest BCUT2D eigenvalue weighted by molar-refractivity contribution is 5.85. The first-order valence-electron chi connectivity index (χ1n) is 4.63. The van der Waals surface area contributed by atoms with Crippen molar-refractivity contribution >= 4 is 18.4 Å². The molecule has 1 aliphatic rings. The predicted octanol–water partition coefficient (Wildman–Crippen LogP) is 1.36. The van der Waals surface area contributed by atoms with Crippen LogP contribution in [0.4, 0.5) is 0 Å². The summed E-state index contributed by atoms with van der Waals surface area (Å²) in [5, 5.41) is 3.33. The highest BCUT2D eigenvalue weighted by Crippen LogP contribution is 2.13. The second-order valence-corrected chi connectivity index (χ2v) is 3.34. The molecule has 0 aliphatic carbocycles. The van der Waals surface area contributed by atoms with Crippen molar-refractivity contribution in [2.24, 2.45) is 5.92 Å². The quantitative estimate of drug-likeness (QED) is 0.711. The third-order valence-electron chi connectivity index (χ3n) is 2.23. The monoisotopic (exact) mass is 207 g/mol. The Bertz CT molecular complexity index is 147. The average molecular weight is 208 g/mol. The molecule has 1 atom stereocenters. The summed E-state index contributed by atoms with van der Waals surface area (Å²) in [5.41, 5.74) is 0. The third kappa shape index (κ3) is 5.88. The molecule has 0 radical (unpaired) electrons. The van der Waals surface area contributed by atoms with Gasteiger partial charge < -0.3 is 10.1 Å². The summed E-state index contributed by atoms with van der Waals surface area (Å²) in [5.74, 6) is 0.539. The molecule has 1 saturated heterocycles. The second kappa shape index (κ2) is 7.15. The Labute approximate surface area is 85.6 Å². The van der Waals surface area contributed by atoms with Crippen LogP contribution in [0.1, 0.15) is 26.2 Å². The smallest absolute Gasteiger partial charge is 0.302 e. The van der Waals surface area contributed by atoms with Gasteiger partial charge in [-0.2, -0.15) is 0 Å². The first kappa shape index (κ1) is 12.7. The number of hydrogen-bond donors (Lipinski definition) is 1. The summed E-state index contributed by atoms with van der Waals surface area (Å²) in [6.45, 7) is 4.27. The van der Waals surface area contributed by atoms with Crippen molar-refractivity contribution in [2.45, 2.75) is 26.2 Å². The molecule has 4 heteroatoms. The van der Waals surface area contributed by atoms with Gasteiger partial charge in [-0.05, 0) is 38.3 Å². The van der Waals surface area contributed by atoms with E-state index < -0.39 is 0 Å². The van der Waals surface area contributed by atoms with Crippen LogP contribution < -0.4 is 5.32 Å². The summed E-state index contributed by atoms with van der Waals surface area (Å²) >= 11 is 0. The standard InChI is InChI=1S/C9H17NO2.ClH/c1-8(11)12-6-4-9-3-2-5-10-7-9;/h9-10H,2-7H2,1H3;1H. The minimum absolute atomic E-state index is 0. The van der Waals surface area contributed by atoms with Gasteiger partial charge in [0.1, 0.15) is 0 Å². The predicted molar refractivity (Wildman–Crippen MR) is 54.1 cm³/mol. The molecule has 1 aliphatic heterocycles. The van der Waals surface area contributed by atoms with Crippen molar-refractivity contribution in [2.75, 3.05) is 19.7 Å². The average Bonchev–Trinajstić information content (AvgIpc) is 2.05. The lowest BCUT2D eigenvalue weighted by Crippen LogP contribution is -2.30. The fraction of sp³-hybridized carbons (Fsp3) is 0.889. The van der Waals surface area contributed by atoms with E-state index in [-0.39, 0.29) is 18.4 Å². The van der Waals surface area contributed by atoms with Crippen LogP contribution in [0.25, 0.3) is 0 Å². The molecule has 1 unspecified atom stereocenters. The molecule has 1 N–H and O–H groups in total. The molecule has 0 aromatic carbocycles. The molecule has 0 aromatic heterocycles. The van der Waals surface area contributed by atoms with Gasteiger partial charge >= 0.3 is 5.97 Å². The summed E-state index contributed by atoms with van der Waals surface area (Å²) in [6, 6.07) is 0. The van der Waals surface area contributed by atoms with E-state index in [2.05, 4.69) is 5.32 Å². The maximum atomic E-state index is 10.4. The molecule has 0 aromatic rings. The van der Waals surface area contributed by atoms with E-state index >= 15 is 0 Å². The highest BCUT2D eigenvalue weighted by Gasteiger charge is 2.12. The van der Waals surface area contributed by atoms with Gasteiger partial charge in [0.15, 0.2) is 0 Å². The van der Waals surface area contributed by atoms with Crippen molar-refractivity contribution in [1.82, 2.24) is 5.32 Å². The SMILES string of the molecule is CC(=O)OCCC1CCCNC1.Cl. The fourth-order valence-corrected chi connectivity index (χ4v) is 1.54. The lowest BCUT2D eigenvalue weighted by atomic mass is 9.97. The van der Waals surface area contributed by atoms with Crippen molar-refractivity contribution in [1.29, 1.82) is 0 Å². The molecule has 0 saturated carbocycles. The van der Waals surface area contributed by atoms with Crippen molar-refractivity contribution < 1.29 is 9.53 Å². The van der Waals surface area contributed by atoms with Gasteiger partial charge in [0.25, 0.3) is 0 Å². The van der Waals surface area contributed by atoms with Crippen LogP contribution in [0.5, 0.6) is 0 Å². The van der Waals surface area contributed by atoms with E-state index in [0.29, 0.717) is 12.5 Å². The normalized spacial score (nSPS) is 21.8. The molecule has 3 nitrogen and oxygen atoms in total. The molecule has 0 bridgehead atoms. The molecule has 1 fully saturated rings. The number of piperidine rings is 1. The summed E-state index contributed by atoms with van der Waals surface area (Å²) in [6.07, 6.45) is 3.53. The largest absolute Gasteiger partial charge is 0.466 e. The Morgan fingerprint density at radius 2 is 2.38 bits per heavy atom. The Morgan fingerprint density at radius 1 is 1.62 bits per heavy atom. The number of esters is 1. The van der Waals surface area contributed by atoms with E-state index in [1.54, 1.807) is 0 Å². The summed E-state index contributed by atoms with van der Waals surface area (Å²) < 4.78 is 4.88. The zero-order valence-corrected chi connectivity index (χ0v) is 8.86. The Kier molecular flexibility index (Phi) is 7.00. The first-order valence-corrected chi connectivity index (χ1v) is 4.63. The number of carbonyl (C=O) groups is 1. The van der Waals surface area contributed by atoms with Gasteiger partial charge in [0, 0.05) is 6.92 Å². The lowest BCUT2D eigenvalue weighted by molar-refractivity contribution is -0.141. The number of ether oxygens (including phenoxy) is 1. The number of halogens is 1. The maximum Gasteiger partial charge on any atom is 0.302 e. The van der Waals surface area contributed by atoms with Gasteiger partial charge in [-0.3, -0.25) is 4.79 Å². The van der Waals surface area contributed by atoms with Crippen LogP contribution in [-0.4, -0.2) is 25.7 Å². The molecular formula is C9H18ClNO2. The topological polar surface area (TPSA) is 38.3 Å². The maximum absolute atomic E-state index is 10.4. The number of carbonyl (C=O) groups excluding carboxylic acids is 1. The molecule has 78 valence electrons.